The first-order valence-electron chi connectivity index (χ1n) is 8.46. The lowest BCUT2D eigenvalue weighted by Crippen LogP contribution is -2.31. The highest BCUT2D eigenvalue weighted by Crippen LogP contribution is 2.41. The van der Waals surface area contributed by atoms with Gasteiger partial charge in [0.2, 0.25) is 5.88 Å². The van der Waals surface area contributed by atoms with Gasteiger partial charge in [-0.25, -0.2) is 14.6 Å². The van der Waals surface area contributed by atoms with Crippen LogP contribution in [0.1, 0.15) is 24.6 Å². The smallest absolute Gasteiger partial charge is 0.416 e. The van der Waals surface area contributed by atoms with Gasteiger partial charge in [0, 0.05) is 12.6 Å². The third-order valence-corrected chi connectivity index (χ3v) is 4.03. The van der Waals surface area contributed by atoms with Gasteiger partial charge in [-0.3, -0.25) is 0 Å². The summed E-state index contributed by atoms with van der Waals surface area (Å²) in [5.41, 5.74) is -0.573. The van der Waals surface area contributed by atoms with Crippen molar-refractivity contribution in [2.75, 3.05) is 19.8 Å². The number of nitrogens with one attached hydrogen (secondary N) is 1. The van der Waals surface area contributed by atoms with Crippen molar-refractivity contribution in [3.8, 4) is 11.6 Å². The maximum Gasteiger partial charge on any atom is 0.416 e. The number of carbonyl (C=O) groups is 1. The Morgan fingerprint density at radius 3 is 2.45 bits per heavy atom. The van der Waals surface area contributed by atoms with Crippen LogP contribution in [0.3, 0.4) is 0 Å². The molecule has 1 N–H and O–H groups in total. The van der Waals surface area contributed by atoms with Gasteiger partial charge in [-0.15, -0.1) is 5.10 Å². The minimum absolute atomic E-state index is 0.0547. The molecule has 1 amide bonds. The van der Waals surface area contributed by atoms with E-state index in [1.165, 1.54) is 6.07 Å². The van der Waals surface area contributed by atoms with E-state index in [0.29, 0.717) is 44.0 Å². The molecule has 0 unspecified atom stereocenters. The first-order chi connectivity index (χ1) is 13.6. The number of hydrogen-bond acceptors (Lipinski definition) is 5. The molecular formula is C17H18Cl2F3N3O4. The molecule has 0 aliphatic rings. The predicted molar refractivity (Wildman–Crippen MR) is 99.5 cm³/mol. The highest BCUT2D eigenvalue weighted by Gasteiger charge is 2.32. The summed E-state index contributed by atoms with van der Waals surface area (Å²) in [4.78, 5) is 21.7. The van der Waals surface area contributed by atoms with E-state index in [9.17, 15) is 18.0 Å². The Bertz CT molecular complexity index is 836. The molecule has 1 heterocycles. The van der Waals surface area contributed by atoms with Crippen LogP contribution < -0.4 is 10.1 Å². The molecule has 12 heteroatoms. The number of nitrogens with zero attached hydrogens (tertiary/aromatic N) is 2. The second-order valence-electron chi connectivity index (χ2n) is 5.72. The maximum absolute atomic E-state index is 12.8. The predicted octanol–water partition coefficient (Wildman–Crippen LogP) is 5.23. The van der Waals surface area contributed by atoms with Gasteiger partial charge in [0.1, 0.15) is 0 Å². The normalized spacial score (nSPS) is 11.6. The summed E-state index contributed by atoms with van der Waals surface area (Å²) in [6, 6.07) is 2.30. The molecule has 0 saturated carbocycles. The van der Waals surface area contributed by atoms with Crippen molar-refractivity contribution < 1.29 is 32.5 Å². The lowest BCUT2D eigenvalue weighted by atomic mass is 10.2. The van der Waals surface area contributed by atoms with Crippen LogP contribution in [0.4, 0.5) is 18.0 Å². The average molecular weight is 456 g/mol. The van der Waals surface area contributed by atoms with Crippen LogP contribution in [-0.2, 0) is 16.0 Å². The number of alkyl halides is 3. The number of amides is 1. The molecule has 0 bridgehead atoms. The zero-order valence-corrected chi connectivity index (χ0v) is 17.0. The van der Waals surface area contributed by atoms with Crippen LogP contribution in [0, 0.1) is 6.92 Å². The lowest BCUT2D eigenvalue weighted by molar-refractivity contribution is -0.291. The second kappa shape index (κ2) is 10.1. The first kappa shape index (κ1) is 23.3. The van der Waals surface area contributed by atoms with Gasteiger partial charge < -0.3 is 10.1 Å². The molecule has 0 atom stereocenters. The fourth-order valence-corrected chi connectivity index (χ4v) is 2.73. The molecular weight excluding hydrogens is 438 g/mol. The van der Waals surface area contributed by atoms with Crippen molar-refractivity contribution in [2.24, 2.45) is 0 Å². The van der Waals surface area contributed by atoms with Gasteiger partial charge in [0.15, 0.2) is 5.75 Å². The van der Waals surface area contributed by atoms with Crippen molar-refractivity contribution in [3.05, 3.63) is 39.5 Å². The minimum Gasteiger partial charge on any atom is -0.434 e. The van der Waals surface area contributed by atoms with E-state index in [1.54, 1.807) is 13.8 Å². The zero-order chi connectivity index (χ0) is 21.6. The van der Waals surface area contributed by atoms with Crippen molar-refractivity contribution in [1.29, 1.82) is 0 Å². The van der Waals surface area contributed by atoms with Crippen LogP contribution in [0.2, 0.25) is 10.0 Å². The molecule has 160 valence electrons. The monoisotopic (exact) mass is 455 g/mol. The van der Waals surface area contributed by atoms with Gasteiger partial charge in [0.05, 0.1) is 34.5 Å². The van der Waals surface area contributed by atoms with Gasteiger partial charge in [0.25, 0.3) is 0 Å². The topological polar surface area (TPSA) is 74.6 Å². The number of benzene rings is 1. The highest BCUT2D eigenvalue weighted by molar-refractivity contribution is 6.37. The Hall–Kier alpha value is -2.01. The summed E-state index contributed by atoms with van der Waals surface area (Å²) in [7, 11) is 0. The fourth-order valence-electron chi connectivity index (χ4n) is 2.17. The van der Waals surface area contributed by atoms with Crippen LogP contribution >= 0.6 is 23.2 Å². The summed E-state index contributed by atoms with van der Waals surface area (Å²) in [5, 5.41) is 5.93. The molecule has 1 aromatic heterocycles. The zero-order valence-electron chi connectivity index (χ0n) is 15.5. The lowest BCUT2D eigenvalue weighted by Gasteiger charge is -2.11. The summed E-state index contributed by atoms with van der Waals surface area (Å²) in [6.45, 7) is 4.44. The number of rotatable bonds is 8. The van der Waals surface area contributed by atoms with Crippen molar-refractivity contribution >= 4 is 29.2 Å². The molecule has 7 nitrogen and oxygen atoms in total. The number of ether oxygens (including phenoxy) is 1. The number of hydrogen-bond donors (Lipinski definition) is 1. The third kappa shape index (κ3) is 6.49. The summed E-state index contributed by atoms with van der Waals surface area (Å²) in [5.74, 6) is -0.250. The van der Waals surface area contributed by atoms with Crippen molar-refractivity contribution in [1.82, 2.24) is 15.1 Å². The van der Waals surface area contributed by atoms with Crippen LogP contribution in [0.15, 0.2) is 18.2 Å². The molecule has 0 saturated heterocycles. The largest absolute Gasteiger partial charge is 0.434 e. The molecule has 29 heavy (non-hydrogen) atoms. The van der Waals surface area contributed by atoms with E-state index in [-0.39, 0.29) is 21.7 Å². The number of halogens is 5. The standard InChI is InChI=1S/C17H18Cl2F3N3O4/c1-3-27-28-6-4-5-23-16(26)25-10(2)7-14(24-25)29-15-12(18)8-11(9-13(15)19)17(20,21)22/h7-9H,3-6H2,1-2H3,(H,23,26). The van der Waals surface area contributed by atoms with E-state index >= 15 is 0 Å². The van der Waals surface area contributed by atoms with Gasteiger partial charge in [-0.05, 0) is 32.4 Å². The van der Waals surface area contributed by atoms with E-state index in [0.717, 1.165) is 4.68 Å². The van der Waals surface area contributed by atoms with Crippen LogP contribution in [0.25, 0.3) is 0 Å². The Morgan fingerprint density at radius 1 is 1.21 bits per heavy atom. The van der Waals surface area contributed by atoms with Gasteiger partial charge >= 0.3 is 12.2 Å². The van der Waals surface area contributed by atoms with Crippen LogP contribution in [-0.4, -0.2) is 35.6 Å². The third-order valence-electron chi connectivity index (χ3n) is 3.47. The molecule has 0 aliphatic heterocycles. The maximum atomic E-state index is 12.8. The second-order valence-corrected chi connectivity index (χ2v) is 6.53. The summed E-state index contributed by atoms with van der Waals surface area (Å²) >= 11 is 11.8. The quantitative estimate of drug-likeness (QED) is 0.335. The summed E-state index contributed by atoms with van der Waals surface area (Å²) in [6.07, 6.45) is -4.08. The Labute approximate surface area is 174 Å². The van der Waals surface area contributed by atoms with E-state index in [1.807, 2.05) is 0 Å². The van der Waals surface area contributed by atoms with Crippen molar-refractivity contribution in [2.45, 2.75) is 26.4 Å². The fraction of sp³-hybridized carbons (Fsp3) is 0.412. The number of aromatic nitrogens is 2. The van der Waals surface area contributed by atoms with Crippen molar-refractivity contribution in [3.63, 3.8) is 0 Å². The molecule has 0 radical (unpaired) electrons. The number of aryl methyl sites for hydroxylation is 1. The van der Waals surface area contributed by atoms with Gasteiger partial charge in [-0.1, -0.05) is 23.2 Å². The summed E-state index contributed by atoms with van der Waals surface area (Å²) < 4.78 is 44.9. The Kier molecular flexibility index (Phi) is 8.14. The van der Waals surface area contributed by atoms with Crippen LogP contribution in [0.5, 0.6) is 11.6 Å². The SMILES string of the molecule is CCOOCCCNC(=O)n1nc(Oc2c(Cl)cc(C(F)(F)F)cc2Cl)cc1C. The molecule has 2 aromatic rings. The number of carbonyl (C=O) groups excluding carboxylic acids is 1. The molecule has 2 rings (SSSR count). The molecule has 0 aliphatic carbocycles. The first-order valence-corrected chi connectivity index (χ1v) is 9.22. The highest BCUT2D eigenvalue weighted by atomic mass is 35.5. The minimum atomic E-state index is -4.60. The molecule has 1 aromatic carbocycles. The Balaban J connectivity index is 2.04. The molecule has 0 fully saturated rings. The van der Waals surface area contributed by atoms with E-state index < -0.39 is 17.8 Å². The van der Waals surface area contributed by atoms with E-state index in [2.05, 4.69) is 10.4 Å². The Morgan fingerprint density at radius 2 is 1.86 bits per heavy atom. The average Bonchev–Trinajstić information content (AvgIpc) is 3.00. The van der Waals surface area contributed by atoms with Gasteiger partial charge in [-0.2, -0.15) is 17.9 Å². The van der Waals surface area contributed by atoms with E-state index in [4.69, 9.17) is 37.7 Å². The molecule has 0 spiro atoms.